The van der Waals surface area contributed by atoms with Crippen molar-refractivity contribution in [3.63, 3.8) is 0 Å². The number of H-pyrrole nitrogens is 1. The summed E-state index contributed by atoms with van der Waals surface area (Å²) in [7, 11) is 0. The Hall–Kier alpha value is -2.23. The molecule has 1 aliphatic carbocycles. The number of imidazole rings is 1. The van der Waals surface area contributed by atoms with Gasteiger partial charge in [-0.05, 0) is 61.8 Å². The molecule has 0 amide bonds. The number of ether oxygens (including phenoxy) is 1. The number of allylic oxidation sites excluding steroid dienone is 2. The van der Waals surface area contributed by atoms with E-state index in [0.717, 1.165) is 48.3 Å². The van der Waals surface area contributed by atoms with E-state index in [1.54, 1.807) is 6.33 Å². The maximum Gasteiger partial charge on any atom is 0.127 e. The summed E-state index contributed by atoms with van der Waals surface area (Å²) in [6.07, 6.45) is 9.93. The Bertz CT molecular complexity index is 894. The van der Waals surface area contributed by atoms with Gasteiger partial charge in [-0.15, -0.1) is 0 Å². The van der Waals surface area contributed by atoms with Gasteiger partial charge in [-0.2, -0.15) is 0 Å². The number of nitrogens with zero attached hydrogens (tertiary/aromatic N) is 1. The minimum Gasteiger partial charge on any atom is -0.508 e. The van der Waals surface area contributed by atoms with Crippen molar-refractivity contribution in [3.8, 4) is 11.5 Å². The zero-order valence-electron chi connectivity index (χ0n) is 17.7. The molecule has 0 saturated carbocycles. The number of hydrogen-bond acceptors (Lipinski definition) is 3. The number of hydrogen-bond donors (Lipinski definition) is 2. The summed E-state index contributed by atoms with van der Waals surface area (Å²) >= 11 is 0. The number of benzene rings is 1. The van der Waals surface area contributed by atoms with Crippen molar-refractivity contribution in [2.24, 2.45) is 5.92 Å². The lowest BCUT2D eigenvalue weighted by Crippen LogP contribution is -2.45. The van der Waals surface area contributed by atoms with Crippen molar-refractivity contribution < 1.29 is 9.84 Å². The minimum absolute atomic E-state index is 0.0131. The summed E-state index contributed by atoms with van der Waals surface area (Å²) in [5, 5.41) is 11.1. The average molecular weight is 381 g/mol. The number of fused-ring (bicyclic) bond motifs is 3. The summed E-state index contributed by atoms with van der Waals surface area (Å²) in [4.78, 5) is 7.41. The van der Waals surface area contributed by atoms with E-state index in [0.29, 0.717) is 11.7 Å². The molecule has 1 aromatic carbocycles. The highest BCUT2D eigenvalue weighted by molar-refractivity contribution is 5.66. The van der Waals surface area contributed by atoms with Crippen LogP contribution in [0.2, 0.25) is 0 Å². The van der Waals surface area contributed by atoms with Crippen LogP contribution >= 0.6 is 0 Å². The molecule has 4 heteroatoms. The molecule has 1 aromatic heterocycles. The van der Waals surface area contributed by atoms with Crippen molar-refractivity contribution in [1.82, 2.24) is 9.97 Å². The SMILES string of the molecule is CCCC(C)(C)c1cc(O)c2c(c1)OC(C)(C)[C@@H]1CC=C(c3cnc[nH]3)C[C@@H]21. The first kappa shape index (κ1) is 19.1. The topological polar surface area (TPSA) is 58.1 Å². The molecule has 2 atom stereocenters. The van der Waals surface area contributed by atoms with Crippen LogP contribution in [0.3, 0.4) is 0 Å². The fraction of sp³-hybridized carbons (Fsp3) is 0.542. The first-order chi connectivity index (χ1) is 13.2. The highest BCUT2D eigenvalue weighted by atomic mass is 16.5. The third-order valence-corrected chi connectivity index (χ3v) is 6.80. The van der Waals surface area contributed by atoms with E-state index in [1.165, 1.54) is 5.57 Å². The predicted molar refractivity (Wildman–Crippen MR) is 113 cm³/mol. The Labute approximate surface area is 168 Å². The molecule has 2 heterocycles. The molecule has 2 aromatic rings. The molecule has 0 radical (unpaired) electrons. The van der Waals surface area contributed by atoms with Crippen molar-refractivity contribution in [1.29, 1.82) is 0 Å². The van der Waals surface area contributed by atoms with Gasteiger partial charge in [0.25, 0.3) is 0 Å². The summed E-state index contributed by atoms with van der Waals surface area (Å²) in [6, 6.07) is 4.15. The van der Waals surface area contributed by atoms with Gasteiger partial charge in [0.2, 0.25) is 0 Å². The summed E-state index contributed by atoms with van der Waals surface area (Å²) in [6.45, 7) is 11.1. The standard InChI is InChI=1S/C24H32N2O2/c1-6-9-23(2,3)16-11-20(27)22-17-10-15(19-13-25-14-26-19)7-8-18(17)24(4,5)28-21(22)12-16/h7,11-14,17-18,27H,6,8-10H2,1-5H3,(H,25,26)/t17-,18-/m1/s1. The lowest BCUT2D eigenvalue weighted by Gasteiger charge is -2.47. The number of phenolic OH excluding ortho intramolecular Hbond substituents is 1. The van der Waals surface area contributed by atoms with E-state index in [-0.39, 0.29) is 16.9 Å². The quantitative estimate of drug-likeness (QED) is 0.690. The molecular formula is C24H32N2O2. The highest BCUT2D eigenvalue weighted by Crippen LogP contribution is 2.55. The van der Waals surface area contributed by atoms with E-state index in [2.05, 4.69) is 56.7 Å². The molecule has 150 valence electrons. The second-order valence-corrected chi connectivity index (χ2v) is 9.59. The summed E-state index contributed by atoms with van der Waals surface area (Å²) in [5.74, 6) is 1.82. The average Bonchev–Trinajstić information content (AvgIpc) is 3.15. The number of phenols is 1. The number of rotatable bonds is 4. The maximum atomic E-state index is 11.1. The smallest absolute Gasteiger partial charge is 0.127 e. The molecule has 4 rings (SSSR count). The lowest BCUT2D eigenvalue weighted by molar-refractivity contribution is 0.00908. The van der Waals surface area contributed by atoms with Crippen molar-refractivity contribution in [2.45, 2.75) is 77.2 Å². The van der Waals surface area contributed by atoms with Crippen LogP contribution in [0.5, 0.6) is 11.5 Å². The molecule has 2 aliphatic rings. The van der Waals surface area contributed by atoms with Gasteiger partial charge in [-0.3, -0.25) is 0 Å². The van der Waals surface area contributed by atoms with Crippen LogP contribution in [0.15, 0.2) is 30.7 Å². The second kappa shape index (κ2) is 6.68. The first-order valence-electron chi connectivity index (χ1n) is 10.5. The third-order valence-electron chi connectivity index (χ3n) is 6.80. The fourth-order valence-electron chi connectivity index (χ4n) is 5.21. The van der Waals surface area contributed by atoms with Crippen LogP contribution in [0, 0.1) is 5.92 Å². The van der Waals surface area contributed by atoms with Crippen molar-refractivity contribution in [2.75, 3.05) is 0 Å². The van der Waals surface area contributed by atoms with Gasteiger partial charge in [0.15, 0.2) is 0 Å². The molecular weight excluding hydrogens is 348 g/mol. The number of aromatic amines is 1. The number of nitrogens with one attached hydrogen (secondary N) is 1. The van der Waals surface area contributed by atoms with Gasteiger partial charge < -0.3 is 14.8 Å². The number of aromatic hydroxyl groups is 1. The van der Waals surface area contributed by atoms with Gasteiger partial charge in [0.1, 0.15) is 17.1 Å². The summed E-state index contributed by atoms with van der Waals surface area (Å²) < 4.78 is 6.50. The third kappa shape index (κ3) is 3.13. The molecule has 0 spiro atoms. The molecule has 1 aliphatic heterocycles. The van der Waals surface area contributed by atoms with Crippen molar-refractivity contribution in [3.05, 3.63) is 47.6 Å². The Balaban J connectivity index is 1.78. The molecule has 0 fully saturated rings. The minimum atomic E-state index is -0.270. The summed E-state index contributed by atoms with van der Waals surface area (Å²) in [5.41, 5.74) is 4.22. The van der Waals surface area contributed by atoms with Gasteiger partial charge in [0, 0.05) is 17.4 Å². The van der Waals surface area contributed by atoms with Crippen LogP contribution in [0.4, 0.5) is 0 Å². The van der Waals surface area contributed by atoms with Gasteiger partial charge in [0.05, 0.1) is 18.2 Å². The predicted octanol–water partition coefficient (Wildman–Crippen LogP) is 5.94. The first-order valence-corrected chi connectivity index (χ1v) is 10.5. The zero-order valence-corrected chi connectivity index (χ0v) is 17.7. The highest BCUT2D eigenvalue weighted by Gasteiger charge is 2.46. The van der Waals surface area contributed by atoms with Gasteiger partial charge >= 0.3 is 0 Å². The molecule has 28 heavy (non-hydrogen) atoms. The Kier molecular flexibility index (Phi) is 4.56. The van der Waals surface area contributed by atoms with Crippen molar-refractivity contribution >= 4 is 5.57 Å². The van der Waals surface area contributed by atoms with E-state index < -0.39 is 0 Å². The number of aromatic nitrogens is 2. The zero-order chi connectivity index (χ0) is 20.1. The van der Waals surface area contributed by atoms with E-state index in [1.807, 2.05) is 12.3 Å². The normalized spacial score (nSPS) is 23.4. The lowest BCUT2D eigenvalue weighted by atomic mass is 9.66. The van der Waals surface area contributed by atoms with Crippen LogP contribution in [0.1, 0.15) is 83.0 Å². The molecule has 0 saturated heterocycles. The monoisotopic (exact) mass is 380 g/mol. The van der Waals surface area contributed by atoms with E-state index in [4.69, 9.17) is 4.74 Å². The molecule has 2 N–H and O–H groups in total. The Morgan fingerprint density at radius 3 is 2.79 bits per heavy atom. The van der Waals surface area contributed by atoms with Crippen LogP contribution < -0.4 is 4.74 Å². The van der Waals surface area contributed by atoms with Gasteiger partial charge in [-0.1, -0.05) is 33.3 Å². The van der Waals surface area contributed by atoms with Crippen LogP contribution in [0.25, 0.3) is 5.57 Å². The molecule has 0 unspecified atom stereocenters. The second-order valence-electron chi connectivity index (χ2n) is 9.59. The van der Waals surface area contributed by atoms with E-state index in [9.17, 15) is 5.11 Å². The van der Waals surface area contributed by atoms with Crippen LogP contribution in [-0.4, -0.2) is 20.7 Å². The van der Waals surface area contributed by atoms with Gasteiger partial charge in [-0.25, -0.2) is 4.98 Å². The largest absolute Gasteiger partial charge is 0.508 e. The maximum absolute atomic E-state index is 11.1. The Morgan fingerprint density at radius 2 is 2.11 bits per heavy atom. The fourth-order valence-corrected chi connectivity index (χ4v) is 5.21. The Morgan fingerprint density at radius 1 is 1.32 bits per heavy atom. The molecule has 0 bridgehead atoms. The van der Waals surface area contributed by atoms with E-state index >= 15 is 0 Å². The molecule has 4 nitrogen and oxygen atoms in total. The van der Waals surface area contributed by atoms with Crippen LogP contribution in [-0.2, 0) is 5.41 Å².